The molecule has 4 rings (SSSR count). The average Bonchev–Trinajstić information content (AvgIpc) is 2.84. The van der Waals surface area contributed by atoms with Gasteiger partial charge in [-0.3, -0.25) is 9.59 Å². The van der Waals surface area contributed by atoms with Crippen LogP contribution in [0.3, 0.4) is 0 Å². The highest BCUT2D eigenvalue weighted by Crippen LogP contribution is 2.65. The largest absolute Gasteiger partial charge is 0.481 e. The summed E-state index contributed by atoms with van der Waals surface area (Å²) < 4.78 is 0. The first-order valence-corrected chi connectivity index (χ1v) is 9.49. The third-order valence-electron chi connectivity index (χ3n) is 8.13. The summed E-state index contributed by atoms with van der Waals surface area (Å²) in [6.07, 6.45) is 13.0. The van der Waals surface area contributed by atoms with Gasteiger partial charge in [0.2, 0.25) is 0 Å². The molecule has 3 nitrogen and oxygen atoms in total. The normalized spacial score (nSPS) is 46.8. The van der Waals surface area contributed by atoms with Crippen molar-refractivity contribution >= 4 is 11.8 Å². The van der Waals surface area contributed by atoms with Crippen molar-refractivity contribution in [2.24, 2.45) is 34.5 Å². The number of carboxylic acids is 1. The molecule has 0 radical (unpaired) electrons. The Morgan fingerprint density at radius 2 is 2.00 bits per heavy atom. The Morgan fingerprint density at radius 1 is 1.21 bits per heavy atom. The van der Waals surface area contributed by atoms with Gasteiger partial charge in [-0.1, -0.05) is 26.0 Å². The summed E-state index contributed by atoms with van der Waals surface area (Å²) in [5.41, 5.74) is 1.55. The van der Waals surface area contributed by atoms with Crippen molar-refractivity contribution in [2.45, 2.75) is 58.8 Å². The Hall–Kier alpha value is -1.38. The van der Waals surface area contributed by atoms with Gasteiger partial charge in [0.05, 0.1) is 0 Å². The van der Waals surface area contributed by atoms with Gasteiger partial charge < -0.3 is 5.11 Å². The van der Waals surface area contributed by atoms with Gasteiger partial charge in [0.1, 0.15) is 0 Å². The third-order valence-corrected chi connectivity index (χ3v) is 8.13. The number of rotatable bonds is 2. The second-order valence-electron chi connectivity index (χ2n) is 9.05. The summed E-state index contributed by atoms with van der Waals surface area (Å²) in [5.74, 6) is 1.72. The molecule has 0 aromatic rings. The van der Waals surface area contributed by atoms with Gasteiger partial charge in [0.25, 0.3) is 0 Å². The number of fused-ring (bicyclic) bond motifs is 5. The lowest BCUT2D eigenvalue weighted by atomic mass is 9.48. The Morgan fingerprint density at radius 3 is 2.75 bits per heavy atom. The van der Waals surface area contributed by atoms with E-state index in [0.717, 1.165) is 25.7 Å². The maximum Gasteiger partial charge on any atom is 0.303 e. The zero-order valence-corrected chi connectivity index (χ0v) is 14.8. The number of ketones is 1. The quantitative estimate of drug-likeness (QED) is 0.818. The van der Waals surface area contributed by atoms with Gasteiger partial charge in [-0.25, -0.2) is 0 Å². The Bertz CT molecular complexity index is 645. The molecule has 0 aromatic heterocycles. The van der Waals surface area contributed by atoms with E-state index >= 15 is 0 Å². The summed E-state index contributed by atoms with van der Waals surface area (Å²) in [5, 5.41) is 9.28. The van der Waals surface area contributed by atoms with E-state index in [2.05, 4.69) is 26.0 Å². The van der Waals surface area contributed by atoms with Crippen LogP contribution < -0.4 is 0 Å². The minimum Gasteiger partial charge on any atom is -0.481 e. The van der Waals surface area contributed by atoms with Crippen LogP contribution in [0.4, 0.5) is 0 Å². The Kier molecular flexibility index (Phi) is 3.56. The second kappa shape index (κ2) is 5.31. The van der Waals surface area contributed by atoms with E-state index in [0.29, 0.717) is 36.5 Å². The number of hydrogen-bond donors (Lipinski definition) is 1. The van der Waals surface area contributed by atoms with Gasteiger partial charge in [0.15, 0.2) is 5.78 Å². The van der Waals surface area contributed by atoms with E-state index in [1.54, 1.807) is 0 Å². The highest BCUT2D eigenvalue weighted by molar-refractivity contribution is 5.92. The minimum absolute atomic E-state index is 0.138. The van der Waals surface area contributed by atoms with Gasteiger partial charge in [-0.05, 0) is 78.3 Å². The second-order valence-corrected chi connectivity index (χ2v) is 9.05. The number of carbonyl (C=O) groups is 2. The smallest absolute Gasteiger partial charge is 0.303 e. The van der Waals surface area contributed by atoms with Crippen LogP contribution in [0.1, 0.15) is 58.8 Å². The first kappa shape index (κ1) is 16.1. The average molecular weight is 328 g/mol. The molecular weight excluding hydrogens is 300 g/mol. The molecule has 130 valence electrons. The van der Waals surface area contributed by atoms with Crippen LogP contribution in [0.25, 0.3) is 0 Å². The van der Waals surface area contributed by atoms with Crippen molar-refractivity contribution in [2.75, 3.05) is 0 Å². The number of carboxylic acid groups (broad SMARTS) is 1. The molecule has 0 spiro atoms. The molecular formula is C21H28O3. The minimum atomic E-state index is -0.647. The molecule has 4 aliphatic rings. The van der Waals surface area contributed by atoms with Crippen molar-refractivity contribution in [3.8, 4) is 0 Å². The summed E-state index contributed by atoms with van der Waals surface area (Å²) in [7, 11) is 0. The fraction of sp³-hybridized carbons (Fsp3) is 0.714. The van der Waals surface area contributed by atoms with Crippen molar-refractivity contribution in [3.63, 3.8) is 0 Å². The van der Waals surface area contributed by atoms with Crippen LogP contribution in [0.5, 0.6) is 0 Å². The van der Waals surface area contributed by atoms with Crippen LogP contribution in [0.2, 0.25) is 0 Å². The maximum atomic E-state index is 11.8. The molecule has 3 heteroatoms. The SMILES string of the molecule is C[C@]12CC[C@H]3[C@@H](C=CC4=CC(=O)CC[C@@]43C)[C@@H]1CC[C@@H]2CC(=O)O. The zero-order valence-electron chi connectivity index (χ0n) is 14.8. The molecule has 0 heterocycles. The lowest BCUT2D eigenvalue weighted by Gasteiger charge is -2.56. The van der Waals surface area contributed by atoms with E-state index in [9.17, 15) is 14.7 Å². The van der Waals surface area contributed by atoms with E-state index in [-0.39, 0.29) is 16.6 Å². The zero-order chi connectivity index (χ0) is 17.1. The van der Waals surface area contributed by atoms with Crippen LogP contribution in [0, 0.1) is 34.5 Å². The molecule has 24 heavy (non-hydrogen) atoms. The predicted octanol–water partition coefficient (Wildman–Crippen LogP) is 4.39. The van der Waals surface area contributed by atoms with E-state index in [1.807, 2.05) is 6.08 Å². The Labute approximate surface area is 144 Å². The summed E-state index contributed by atoms with van der Waals surface area (Å²) in [6.45, 7) is 4.71. The lowest BCUT2D eigenvalue weighted by molar-refractivity contribution is -0.139. The Balaban J connectivity index is 1.67. The molecule has 2 saturated carbocycles. The van der Waals surface area contributed by atoms with E-state index in [4.69, 9.17) is 0 Å². The third kappa shape index (κ3) is 2.16. The van der Waals surface area contributed by atoms with Crippen LogP contribution in [0.15, 0.2) is 23.8 Å². The van der Waals surface area contributed by atoms with Crippen LogP contribution in [-0.2, 0) is 9.59 Å². The molecule has 0 saturated heterocycles. The number of carbonyl (C=O) groups excluding carboxylic acids is 1. The fourth-order valence-electron chi connectivity index (χ4n) is 6.65. The molecule has 0 bridgehead atoms. The molecule has 2 fully saturated rings. The number of hydrogen-bond acceptors (Lipinski definition) is 2. The standard InChI is InChI=1S/C21H28O3/c1-20-9-7-15(22)11-13(20)3-5-16-17-6-4-14(12-19(23)24)21(17,2)10-8-18(16)20/h3,5,11,14,16-18H,4,6-10,12H2,1-2H3,(H,23,24)/t14-,16+,17+,18+,20+,21-/m1/s1. The highest BCUT2D eigenvalue weighted by Gasteiger charge is 2.57. The van der Waals surface area contributed by atoms with Crippen molar-refractivity contribution in [3.05, 3.63) is 23.8 Å². The van der Waals surface area contributed by atoms with Gasteiger partial charge in [-0.2, -0.15) is 0 Å². The van der Waals surface area contributed by atoms with Gasteiger partial charge >= 0.3 is 5.97 Å². The first-order valence-electron chi connectivity index (χ1n) is 9.49. The maximum absolute atomic E-state index is 11.8. The van der Waals surface area contributed by atoms with Crippen molar-refractivity contribution in [1.82, 2.24) is 0 Å². The monoisotopic (exact) mass is 328 g/mol. The lowest BCUT2D eigenvalue weighted by Crippen LogP contribution is -2.49. The molecule has 4 aliphatic carbocycles. The summed E-state index contributed by atoms with van der Waals surface area (Å²) >= 11 is 0. The molecule has 0 aliphatic heterocycles. The van der Waals surface area contributed by atoms with Gasteiger partial charge in [0, 0.05) is 12.8 Å². The number of aliphatic carboxylic acids is 1. The summed E-state index contributed by atoms with van der Waals surface area (Å²) in [6, 6.07) is 0. The molecule has 0 amide bonds. The first-order chi connectivity index (χ1) is 11.3. The molecule has 1 N–H and O–H groups in total. The van der Waals surface area contributed by atoms with Crippen LogP contribution >= 0.6 is 0 Å². The molecule has 6 atom stereocenters. The van der Waals surface area contributed by atoms with E-state index in [1.165, 1.54) is 12.0 Å². The number of allylic oxidation sites excluding steroid dienone is 4. The topological polar surface area (TPSA) is 54.4 Å². The van der Waals surface area contributed by atoms with Crippen LogP contribution in [-0.4, -0.2) is 16.9 Å². The molecule has 0 aromatic carbocycles. The predicted molar refractivity (Wildman–Crippen MR) is 92.4 cm³/mol. The highest BCUT2D eigenvalue weighted by atomic mass is 16.4. The van der Waals surface area contributed by atoms with Crippen molar-refractivity contribution < 1.29 is 14.7 Å². The fourth-order valence-corrected chi connectivity index (χ4v) is 6.65. The van der Waals surface area contributed by atoms with Crippen molar-refractivity contribution in [1.29, 1.82) is 0 Å². The van der Waals surface area contributed by atoms with Gasteiger partial charge in [-0.15, -0.1) is 0 Å². The molecule has 0 unspecified atom stereocenters. The van der Waals surface area contributed by atoms with E-state index < -0.39 is 5.97 Å². The summed E-state index contributed by atoms with van der Waals surface area (Å²) in [4.78, 5) is 23.1.